The third-order valence-corrected chi connectivity index (χ3v) is 5.80. The van der Waals surface area contributed by atoms with E-state index in [2.05, 4.69) is 58.6 Å². The number of aryl methyl sites for hydroxylation is 1. The van der Waals surface area contributed by atoms with Gasteiger partial charge in [-0.25, -0.2) is 0 Å². The van der Waals surface area contributed by atoms with E-state index < -0.39 is 0 Å². The van der Waals surface area contributed by atoms with Crippen molar-refractivity contribution in [2.75, 3.05) is 11.1 Å². The van der Waals surface area contributed by atoms with E-state index in [1.165, 1.54) is 28.7 Å². The largest absolute Gasteiger partial charge is 0.302 e. The number of nitrogens with zero attached hydrogens (tertiary/aromatic N) is 5. The SMILES string of the molecule is CCn1c(SCC(=O)Nc2nnc(CC(C)C)s2)nnc1-c1ccc(C)cc1. The Balaban J connectivity index is 1.62. The summed E-state index contributed by atoms with van der Waals surface area (Å²) < 4.78 is 2.02. The highest BCUT2D eigenvalue weighted by atomic mass is 32.2. The Bertz CT molecular complexity index is 932. The molecule has 0 spiro atoms. The fraction of sp³-hybridized carbons (Fsp3) is 0.421. The predicted molar refractivity (Wildman–Crippen MR) is 114 cm³/mol. The Morgan fingerprint density at radius 3 is 2.61 bits per heavy atom. The van der Waals surface area contributed by atoms with E-state index in [1.54, 1.807) is 0 Å². The number of benzene rings is 1. The van der Waals surface area contributed by atoms with Crippen LogP contribution in [0.15, 0.2) is 29.4 Å². The smallest absolute Gasteiger partial charge is 0.236 e. The summed E-state index contributed by atoms with van der Waals surface area (Å²) in [6.07, 6.45) is 0.865. The van der Waals surface area contributed by atoms with E-state index in [0.717, 1.165) is 34.5 Å². The van der Waals surface area contributed by atoms with Crippen LogP contribution in [0.4, 0.5) is 5.13 Å². The Morgan fingerprint density at radius 2 is 1.93 bits per heavy atom. The van der Waals surface area contributed by atoms with Gasteiger partial charge in [-0.05, 0) is 19.8 Å². The van der Waals surface area contributed by atoms with Gasteiger partial charge in [-0.3, -0.25) is 10.1 Å². The maximum absolute atomic E-state index is 12.3. The van der Waals surface area contributed by atoms with Crippen LogP contribution in [0.3, 0.4) is 0 Å². The highest BCUT2D eigenvalue weighted by Crippen LogP contribution is 2.25. The van der Waals surface area contributed by atoms with Crippen LogP contribution in [0.5, 0.6) is 0 Å². The first kappa shape index (κ1) is 20.5. The lowest BCUT2D eigenvalue weighted by Gasteiger charge is -2.07. The Kier molecular flexibility index (Phi) is 6.79. The average Bonchev–Trinajstić information content (AvgIpc) is 3.26. The number of rotatable bonds is 8. The van der Waals surface area contributed by atoms with Crippen LogP contribution in [0.1, 0.15) is 31.3 Å². The van der Waals surface area contributed by atoms with Crippen molar-refractivity contribution in [2.45, 2.75) is 45.8 Å². The zero-order chi connectivity index (χ0) is 20.1. The van der Waals surface area contributed by atoms with Gasteiger partial charge in [0.05, 0.1) is 5.75 Å². The number of nitrogens with one attached hydrogen (secondary N) is 1. The molecule has 0 aliphatic rings. The first-order valence-corrected chi connectivity index (χ1v) is 11.0. The van der Waals surface area contributed by atoms with Crippen molar-refractivity contribution in [1.82, 2.24) is 25.0 Å². The normalized spacial score (nSPS) is 11.2. The van der Waals surface area contributed by atoms with Crippen LogP contribution in [0.25, 0.3) is 11.4 Å². The maximum atomic E-state index is 12.3. The molecule has 0 saturated carbocycles. The van der Waals surface area contributed by atoms with Gasteiger partial charge in [0.2, 0.25) is 11.0 Å². The summed E-state index contributed by atoms with van der Waals surface area (Å²) in [4.78, 5) is 12.3. The highest BCUT2D eigenvalue weighted by Gasteiger charge is 2.15. The fourth-order valence-electron chi connectivity index (χ4n) is 2.62. The third kappa shape index (κ3) is 5.17. The Labute approximate surface area is 173 Å². The molecule has 1 aromatic carbocycles. The molecule has 0 radical (unpaired) electrons. The standard InChI is InChI=1S/C19H24N6OS2/c1-5-25-17(14-8-6-13(4)7-9-14)22-24-19(25)27-11-15(26)20-18-23-21-16(28-18)10-12(2)3/h6-9,12H,5,10-11H2,1-4H3,(H,20,23,26). The van der Waals surface area contributed by atoms with Gasteiger partial charge in [0, 0.05) is 18.5 Å². The summed E-state index contributed by atoms with van der Waals surface area (Å²) in [7, 11) is 0. The molecule has 0 aliphatic heterocycles. The van der Waals surface area contributed by atoms with E-state index in [4.69, 9.17) is 0 Å². The van der Waals surface area contributed by atoms with E-state index in [0.29, 0.717) is 11.0 Å². The number of carbonyl (C=O) groups excluding carboxylic acids is 1. The second kappa shape index (κ2) is 9.29. The first-order chi connectivity index (χ1) is 13.5. The fourth-order valence-corrected chi connectivity index (χ4v) is 4.39. The van der Waals surface area contributed by atoms with Gasteiger partial charge in [-0.2, -0.15) is 0 Å². The molecule has 148 valence electrons. The van der Waals surface area contributed by atoms with Gasteiger partial charge in [0.25, 0.3) is 0 Å². The van der Waals surface area contributed by atoms with Crippen molar-refractivity contribution in [3.8, 4) is 11.4 Å². The van der Waals surface area contributed by atoms with Crippen LogP contribution >= 0.6 is 23.1 Å². The molecule has 0 aliphatic carbocycles. The molecule has 7 nitrogen and oxygen atoms in total. The Morgan fingerprint density at radius 1 is 1.18 bits per heavy atom. The van der Waals surface area contributed by atoms with Gasteiger partial charge >= 0.3 is 0 Å². The molecular weight excluding hydrogens is 392 g/mol. The molecule has 2 heterocycles. The number of carbonyl (C=O) groups is 1. The van der Waals surface area contributed by atoms with E-state index in [9.17, 15) is 4.79 Å². The molecular formula is C19H24N6OS2. The van der Waals surface area contributed by atoms with Crippen LogP contribution in [-0.2, 0) is 17.8 Å². The molecule has 28 heavy (non-hydrogen) atoms. The highest BCUT2D eigenvalue weighted by molar-refractivity contribution is 7.99. The number of amides is 1. The lowest BCUT2D eigenvalue weighted by Crippen LogP contribution is -2.14. The maximum Gasteiger partial charge on any atom is 0.236 e. The molecule has 1 N–H and O–H groups in total. The van der Waals surface area contributed by atoms with Crippen LogP contribution in [0.2, 0.25) is 0 Å². The second-order valence-corrected chi connectivity index (χ2v) is 8.86. The molecule has 9 heteroatoms. The van der Waals surface area contributed by atoms with E-state index in [-0.39, 0.29) is 11.7 Å². The molecule has 0 fully saturated rings. The zero-order valence-corrected chi connectivity index (χ0v) is 18.1. The number of aromatic nitrogens is 5. The van der Waals surface area contributed by atoms with Crippen molar-refractivity contribution >= 4 is 34.1 Å². The van der Waals surface area contributed by atoms with E-state index in [1.807, 2.05) is 23.6 Å². The summed E-state index contributed by atoms with van der Waals surface area (Å²) in [5, 5.41) is 21.8. The molecule has 2 aromatic heterocycles. The van der Waals surface area contributed by atoms with Gasteiger partial charge in [-0.1, -0.05) is 66.8 Å². The lowest BCUT2D eigenvalue weighted by molar-refractivity contribution is -0.113. The second-order valence-electron chi connectivity index (χ2n) is 6.85. The summed E-state index contributed by atoms with van der Waals surface area (Å²) in [5.74, 6) is 1.44. The molecule has 0 bridgehead atoms. The van der Waals surface area contributed by atoms with Crippen molar-refractivity contribution < 1.29 is 4.79 Å². The number of anilines is 1. The van der Waals surface area contributed by atoms with Gasteiger partial charge in [-0.15, -0.1) is 20.4 Å². The molecule has 1 amide bonds. The molecule has 3 rings (SSSR count). The average molecular weight is 417 g/mol. The van der Waals surface area contributed by atoms with Crippen LogP contribution in [0, 0.1) is 12.8 Å². The minimum absolute atomic E-state index is 0.125. The quantitative estimate of drug-likeness (QED) is 0.558. The van der Waals surface area contributed by atoms with Crippen molar-refractivity contribution in [3.63, 3.8) is 0 Å². The topological polar surface area (TPSA) is 85.6 Å². The van der Waals surface area contributed by atoms with E-state index >= 15 is 0 Å². The third-order valence-electron chi connectivity index (χ3n) is 3.97. The summed E-state index contributed by atoms with van der Waals surface area (Å²) in [6.45, 7) is 9.09. The summed E-state index contributed by atoms with van der Waals surface area (Å²) >= 11 is 2.79. The monoisotopic (exact) mass is 416 g/mol. The van der Waals surface area contributed by atoms with Gasteiger partial charge in [0.15, 0.2) is 11.0 Å². The van der Waals surface area contributed by atoms with Crippen molar-refractivity contribution in [1.29, 1.82) is 0 Å². The van der Waals surface area contributed by atoms with Crippen LogP contribution < -0.4 is 5.32 Å². The number of hydrogen-bond acceptors (Lipinski definition) is 7. The van der Waals surface area contributed by atoms with Crippen molar-refractivity contribution in [3.05, 3.63) is 34.8 Å². The minimum Gasteiger partial charge on any atom is -0.302 e. The van der Waals surface area contributed by atoms with Crippen LogP contribution in [-0.4, -0.2) is 36.6 Å². The zero-order valence-electron chi connectivity index (χ0n) is 16.5. The molecule has 3 aromatic rings. The number of hydrogen-bond donors (Lipinski definition) is 1. The lowest BCUT2D eigenvalue weighted by atomic mass is 10.1. The summed E-state index contributed by atoms with van der Waals surface area (Å²) in [6, 6.07) is 8.19. The van der Waals surface area contributed by atoms with Gasteiger partial charge in [0.1, 0.15) is 5.01 Å². The molecule has 0 saturated heterocycles. The number of thioether (sulfide) groups is 1. The molecule has 0 unspecified atom stereocenters. The summed E-state index contributed by atoms with van der Waals surface area (Å²) in [5.41, 5.74) is 2.22. The predicted octanol–water partition coefficient (Wildman–Crippen LogP) is 4.05. The van der Waals surface area contributed by atoms with Gasteiger partial charge < -0.3 is 4.57 Å². The minimum atomic E-state index is -0.125. The Hall–Kier alpha value is -2.26. The van der Waals surface area contributed by atoms with Crippen molar-refractivity contribution in [2.24, 2.45) is 5.92 Å². The molecule has 0 atom stereocenters. The first-order valence-electron chi connectivity index (χ1n) is 9.21.